The van der Waals surface area contributed by atoms with Gasteiger partial charge >= 0.3 is 5.97 Å². The van der Waals surface area contributed by atoms with Crippen molar-refractivity contribution in [3.63, 3.8) is 0 Å². The summed E-state index contributed by atoms with van der Waals surface area (Å²) < 4.78 is 17.5. The zero-order valence-corrected chi connectivity index (χ0v) is 20.1. The Bertz CT molecular complexity index is 1020. The van der Waals surface area contributed by atoms with Gasteiger partial charge in [-0.25, -0.2) is 4.79 Å². The quantitative estimate of drug-likeness (QED) is 0.531. The Labute approximate surface area is 196 Å². The minimum atomic E-state index is -1.53. The summed E-state index contributed by atoms with van der Waals surface area (Å²) in [6, 6.07) is 4.21. The van der Waals surface area contributed by atoms with Crippen LogP contribution in [0.1, 0.15) is 70.4 Å². The van der Waals surface area contributed by atoms with Crippen molar-refractivity contribution in [3.05, 3.63) is 46.6 Å². The van der Waals surface area contributed by atoms with Crippen molar-refractivity contribution < 1.29 is 24.1 Å². The molecule has 33 heavy (non-hydrogen) atoms. The Kier molecular flexibility index (Phi) is 5.57. The summed E-state index contributed by atoms with van der Waals surface area (Å²) in [5.41, 5.74) is 2.95. The van der Waals surface area contributed by atoms with E-state index in [0.29, 0.717) is 12.8 Å². The number of ether oxygens (including phenoxy) is 3. The van der Waals surface area contributed by atoms with Gasteiger partial charge in [0.25, 0.3) is 0 Å². The highest BCUT2D eigenvalue weighted by atomic mass is 16.7. The Hall–Kier alpha value is -2.31. The molecule has 5 rings (SSSR count). The molecule has 6 nitrogen and oxygen atoms in total. The lowest BCUT2D eigenvalue weighted by atomic mass is 9.77. The minimum absolute atomic E-state index is 0.0236. The summed E-state index contributed by atoms with van der Waals surface area (Å²) in [5, 5.41) is 10.9. The number of benzene rings is 1. The SMILES string of the molecule is CC(C)=CCC[C@](C)(O)C(=O)OC1C(C)=CC23CCCN2CCc2cc4c(cc2[C@H]13)OCO4. The molecule has 1 spiro atoms. The first kappa shape index (κ1) is 22.5. The molecule has 1 aliphatic carbocycles. The highest BCUT2D eigenvalue weighted by Gasteiger charge is 2.57. The number of carbonyl (C=O) groups excluding carboxylic acids is 1. The van der Waals surface area contributed by atoms with Gasteiger partial charge in [0.15, 0.2) is 17.1 Å². The van der Waals surface area contributed by atoms with Gasteiger partial charge in [-0.1, -0.05) is 17.7 Å². The first-order chi connectivity index (χ1) is 15.7. The molecule has 1 aromatic rings. The molecule has 4 aliphatic rings. The van der Waals surface area contributed by atoms with E-state index in [1.54, 1.807) is 6.92 Å². The number of esters is 1. The van der Waals surface area contributed by atoms with E-state index in [2.05, 4.69) is 30.0 Å². The summed E-state index contributed by atoms with van der Waals surface area (Å²) in [4.78, 5) is 15.8. The molecule has 178 valence electrons. The van der Waals surface area contributed by atoms with Gasteiger partial charge in [0.05, 0.1) is 5.54 Å². The maximum Gasteiger partial charge on any atom is 0.338 e. The molecule has 2 unspecified atom stereocenters. The third kappa shape index (κ3) is 3.77. The Morgan fingerprint density at radius 2 is 2.06 bits per heavy atom. The Morgan fingerprint density at radius 3 is 2.82 bits per heavy atom. The highest BCUT2D eigenvalue weighted by Crippen LogP contribution is 2.55. The highest BCUT2D eigenvalue weighted by molar-refractivity contribution is 5.79. The zero-order chi connectivity index (χ0) is 23.4. The summed E-state index contributed by atoms with van der Waals surface area (Å²) in [6.45, 7) is 9.91. The molecule has 1 saturated heterocycles. The number of nitrogens with zero attached hydrogens (tertiary/aromatic N) is 1. The number of fused-ring (bicyclic) bond motifs is 3. The fourth-order valence-corrected chi connectivity index (χ4v) is 6.19. The van der Waals surface area contributed by atoms with Crippen LogP contribution in [0.15, 0.2) is 35.4 Å². The summed E-state index contributed by atoms with van der Waals surface area (Å²) >= 11 is 0. The monoisotopic (exact) mass is 453 g/mol. The molecule has 0 aromatic heterocycles. The molecular formula is C27H35NO5. The van der Waals surface area contributed by atoms with Gasteiger partial charge in [-0.15, -0.1) is 0 Å². The lowest BCUT2D eigenvalue weighted by Gasteiger charge is -2.40. The first-order valence-corrected chi connectivity index (χ1v) is 12.1. The molecule has 0 radical (unpaired) electrons. The van der Waals surface area contributed by atoms with E-state index in [9.17, 15) is 9.90 Å². The van der Waals surface area contributed by atoms with Crippen molar-refractivity contribution in [1.29, 1.82) is 0 Å². The molecule has 0 bridgehead atoms. The summed E-state index contributed by atoms with van der Waals surface area (Å²) in [6.07, 6.45) is 8.03. The second-order valence-corrected chi connectivity index (χ2v) is 10.5. The molecule has 3 heterocycles. The van der Waals surface area contributed by atoms with E-state index in [1.165, 1.54) is 16.7 Å². The smallest absolute Gasteiger partial charge is 0.338 e. The largest absolute Gasteiger partial charge is 0.455 e. The van der Waals surface area contributed by atoms with Crippen molar-refractivity contribution in [2.24, 2.45) is 0 Å². The molecule has 1 N–H and O–H groups in total. The average molecular weight is 454 g/mol. The lowest BCUT2D eigenvalue weighted by Crippen LogP contribution is -2.48. The van der Waals surface area contributed by atoms with Crippen LogP contribution in [0.25, 0.3) is 0 Å². The second-order valence-electron chi connectivity index (χ2n) is 10.5. The third-order valence-corrected chi connectivity index (χ3v) is 7.84. The lowest BCUT2D eigenvalue weighted by molar-refractivity contribution is -0.169. The van der Waals surface area contributed by atoms with E-state index >= 15 is 0 Å². The van der Waals surface area contributed by atoms with Crippen LogP contribution in [0.3, 0.4) is 0 Å². The predicted octanol–water partition coefficient (Wildman–Crippen LogP) is 4.26. The van der Waals surface area contributed by atoms with Gasteiger partial charge in [0, 0.05) is 12.5 Å². The van der Waals surface area contributed by atoms with Crippen LogP contribution in [0, 0.1) is 0 Å². The van der Waals surface area contributed by atoms with Crippen LogP contribution >= 0.6 is 0 Å². The van der Waals surface area contributed by atoms with Gasteiger partial charge in [-0.05, 0) is 95.2 Å². The maximum absolute atomic E-state index is 13.2. The molecule has 0 amide bonds. The Morgan fingerprint density at radius 1 is 1.30 bits per heavy atom. The number of rotatable bonds is 5. The van der Waals surface area contributed by atoms with Crippen LogP contribution in [-0.4, -0.2) is 53.1 Å². The maximum atomic E-state index is 13.2. The van der Waals surface area contributed by atoms with Gasteiger partial charge in [0.1, 0.15) is 6.10 Å². The van der Waals surface area contributed by atoms with E-state index in [1.807, 2.05) is 19.9 Å². The summed E-state index contributed by atoms with van der Waals surface area (Å²) in [5.74, 6) is 0.988. The first-order valence-electron chi connectivity index (χ1n) is 12.1. The van der Waals surface area contributed by atoms with E-state index in [0.717, 1.165) is 49.4 Å². The van der Waals surface area contributed by atoms with Crippen LogP contribution in [-0.2, 0) is 16.0 Å². The number of hydrogen-bond donors (Lipinski definition) is 1. The van der Waals surface area contributed by atoms with Crippen molar-refractivity contribution in [1.82, 2.24) is 4.90 Å². The number of aliphatic hydroxyl groups is 1. The standard InChI is InChI=1S/C27H35NO5/c1-17(2)7-5-9-26(4,30)25(29)33-24-18(3)15-27-10-6-11-28(27)12-8-19-13-21-22(32-16-31-21)14-20(19)23(24)27/h7,13-15,23-24,30H,5-6,8-12,16H2,1-4H3/t23-,24?,26+,27?/m1/s1. The average Bonchev–Trinajstić information content (AvgIpc) is 3.41. The van der Waals surface area contributed by atoms with Crippen LogP contribution in [0.2, 0.25) is 0 Å². The minimum Gasteiger partial charge on any atom is -0.455 e. The molecule has 6 heteroatoms. The van der Waals surface area contributed by atoms with Gasteiger partial charge < -0.3 is 19.3 Å². The number of allylic oxidation sites excluding steroid dienone is 2. The van der Waals surface area contributed by atoms with Crippen molar-refractivity contribution in [3.8, 4) is 11.5 Å². The molecule has 4 atom stereocenters. The fraction of sp³-hybridized carbons (Fsp3) is 0.593. The number of carbonyl (C=O) groups is 1. The fourth-order valence-electron chi connectivity index (χ4n) is 6.19. The predicted molar refractivity (Wildman–Crippen MR) is 125 cm³/mol. The zero-order valence-electron chi connectivity index (χ0n) is 20.1. The summed E-state index contributed by atoms with van der Waals surface area (Å²) in [7, 11) is 0. The van der Waals surface area contributed by atoms with Gasteiger partial charge in [-0.3, -0.25) is 4.90 Å². The molecule has 1 fully saturated rings. The van der Waals surface area contributed by atoms with Crippen LogP contribution in [0.5, 0.6) is 11.5 Å². The van der Waals surface area contributed by atoms with Gasteiger partial charge in [0.2, 0.25) is 6.79 Å². The van der Waals surface area contributed by atoms with Crippen molar-refractivity contribution in [2.45, 2.75) is 83.0 Å². The van der Waals surface area contributed by atoms with Crippen molar-refractivity contribution in [2.75, 3.05) is 19.9 Å². The Balaban J connectivity index is 1.49. The topological polar surface area (TPSA) is 68.2 Å². The van der Waals surface area contributed by atoms with Crippen LogP contribution in [0.4, 0.5) is 0 Å². The normalized spacial score (nSPS) is 29.3. The second kappa shape index (κ2) is 8.17. The van der Waals surface area contributed by atoms with Crippen molar-refractivity contribution >= 4 is 5.97 Å². The third-order valence-electron chi connectivity index (χ3n) is 7.84. The van der Waals surface area contributed by atoms with Crippen LogP contribution < -0.4 is 9.47 Å². The molecule has 0 saturated carbocycles. The van der Waals surface area contributed by atoms with E-state index in [4.69, 9.17) is 14.2 Å². The molecular weight excluding hydrogens is 418 g/mol. The molecule has 1 aromatic carbocycles. The van der Waals surface area contributed by atoms with E-state index < -0.39 is 17.7 Å². The molecule has 3 aliphatic heterocycles. The van der Waals surface area contributed by atoms with E-state index in [-0.39, 0.29) is 18.2 Å². The number of hydrogen-bond acceptors (Lipinski definition) is 6. The van der Waals surface area contributed by atoms with Gasteiger partial charge in [-0.2, -0.15) is 0 Å².